The van der Waals surface area contributed by atoms with Crippen molar-refractivity contribution in [2.45, 2.75) is 37.7 Å². The van der Waals surface area contributed by atoms with Crippen molar-refractivity contribution >= 4 is 5.84 Å². The number of fused-ring (bicyclic) bond motifs is 1. The molecule has 2 aliphatic rings. The molecule has 6 nitrogen and oxygen atoms in total. The van der Waals surface area contributed by atoms with E-state index in [0.717, 1.165) is 11.3 Å². The molecule has 0 amide bonds. The first-order chi connectivity index (χ1) is 16.1. The first-order valence-electron chi connectivity index (χ1n) is 11.1. The second kappa shape index (κ2) is 9.02. The van der Waals surface area contributed by atoms with Gasteiger partial charge in [0.2, 0.25) is 0 Å². The zero-order valence-electron chi connectivity index (χ0n) is 18.4. The number of nitrogens with zero attached hydrogens (tertiary/aromatic N) is 3. The van der Waals surface area contributed by atoms with Crippen molar-refractivity contribution in [1.29, 1.82) is 0 Å². The summed E-state index contributed by atoms with van der Waals surface area (Å²) in [6.07, 6.45) is 3.58. The molecule has 1 atom stereocenters. The van der Waals surface area contributed by atoms with Gasteiger partial charge in [-0.05, 0) is 90.9 Å². The summed E-state index contributed by atoms with van der Waals surface area (Å²) >= 11 is 0. The molecule has 0 aromatic heterocycles. The van der Waals surface area contributed by atoms with Gasteiger partial charge in [0.05, 0.1) is 7.05 Å². The molecule has 0 bridgehead atoms. The lowest BCUT2D eigenvalue weighted by Crippen LogP contribution is -2.12. The normalized spacial score (nSPS) is 17.9. The van der Waals surface area contributed by atoms with Crippen LogP contribution in [-0.2, 0) is 6.42 Å². The maximum absolute atomic E-state index is 14.8. The predicted molar refractivity (Wildman–Crippen MR) is 125 cm³/mol. The monoisotopic (exact) mass is 444 g/mol. The van der Waals surface area contributed by atoms with E-state index < -0.39 is 0 Å². The van der Waals surface area contributed by atoms with Gasteiger partial charge in [0, 0.05) is 16.7 Å². The van der Waals surface area contributed by atoms with Crippen molar-refractivity contribution in [3.8, 4) is 17.2 Å². The van der Waals surface area contributed by atoms with Crippen LogP contribution in [0.25, 0.3) is 0 Å². The van der Waals surface area contributed by atoms with Crippen LogP contribution < -0.4 is 15.2 Å². The minimum atomic E-state index is -0.332. The van der Waals surface area contributed by atoms with Crippen molar-refractivity contribution in [3.63, 3.8) is 0 Å². The molecule has 168 valence electrons. The Morgan fingerprint density at radius 1 is 0.939 bits per heavy atom. The van der Waals surface area contributed by atoms with Crippen LogP contribution in [0.1, 0.15) is 53.5 Å². The highest BCUT2D eigenvalue weighted by molar-refractivity contribution is 5.97. The standard InChI is InChI=1S/C26H25FN4O2/c1-29-31-30-26(28)18-6-10-19(11-7-18)32-23-15-13-22(27)25-21(23)12-14-24(25)33-20-8-4-17(5-9-20)16-2-3-16/h4-11,13,15-16,24H,2-3,12,14H2,1H3,(H2,28,29,30). The quantitative estimate of drug-likeness (QED) is 0.202. The third-order valence-electron chi connectivity index (χ3n) is 6.07. The Balaban J connectivity index is 1.33. The van der Waals surface area contributed by atoms with Crippen LogP contribution in [-0.4, -0.2) is 12.9 Å². The smallest absolute Gasteiger partial charge is 0.155 e. The largest absolute Gasteiger partial charge is 0.486 e. The van der Waals surface area contributed by atoms with Crippen LogP contribution >= 0.6 is 0 Å². The number of rotatable bonds is 7. The third-order valence-corrected chi connectivity index (χ3v) is 6.07. The highest BCUT2D eigenvalue weighted by Gasteiger charge is 2.31. The van der Waals surface area contributed by atoms with Gasteiger partial charge in [-0.2, -0.15) is 5.11 Å². The van der Waals surface area contributed by atoms with Crippen LogP contribution in [0.4, 0.5) is 4.39 Å². The molecule has 0 saturated heterocycles. The second-order valence-corrected chi connectivity index (χ2v) is 8.33. The number of amidine groups is 1. The fourth-order valence-corrected chi connectivity index (χ4v) is 4.23. The molecule has 1 saturated carbocycles. The molecule has 5 rings (SSSR count). The number of ether oxygens (including phenoxy) is 2. The molecular weight excluding hydrogens is 419 g/mol. The van der Waals surface area contributed by atoms with E-state index in [9.17, 15) is 4.39 Å². The van der Waals surface area contributed by atoms with Crippen LogP contribution in [0, 0.1) is 5.82 Å². The lowest BCUT2D eigenvalue weighted by molar-refractivity contribution is 0.203. The van der Waals surface area contributed by atoms with E-state index in [1.54, 1.807) is 30.3 Å². The number of halogens is 1. The van der Waals surface area contributed by atoms with Gasteiger partial charge in [-0.25, -0.2) is 4.39 Å². The molecule has 1 fully saturated rings. The average molecular weight is 445 g/mol. The van der Waals surface area contributed by atoms with Crippen molar-refractivity contribution in [2.24, 2.45) is 21.2 Å². The fourth-order valence-electron chi connectivity index (χ4n) is 4.23. The fraction of sp³-hybridized carbons (Fsp3) is 0.269. The van der Waals surface area contributed by atoms with Gasteiger partial charge in [-0.1, -0.05) is 12.1 Å². The summed E-state index contributed by atoms with van der Waals surface area (Å²) in [7, 11) is 1.52. The molecule has 0 aliphatic heterocycles. The first-order valence-corrected chi connectivity index (χ1v) is 11.1. The number of hydrogen-bond acceptors (Lipinski definition) is 4. The summed E-state index contributed by atoms with van der Waals surface area (Å²) in [4.78, 5) is 0. The SMILES string of the molecule is CN=N/N=C(\N)c1ccc(Oc2ccc(F)c3c2CCC3Oc2ccc(C3CC3)cc2)cc1. The van der Waals surface area contributed by atoms with Crippen LogP contribution in [0.2, 0.25) is 0 Å². The average Bonchev–Trinajstić information content (AvgIpc) is 3.60. The Morgan fingerprint density at radius 2 is 1.67 bits per heavy atom. The van der Waals surface area contributed by atoms with Crippen molar-refractivity contribution < 1.29 is 13.9 Å². The van der Waals surface area contributed by atoms with Gasteiger partial charge in [-0.3, -0.25) is 0 Å². The molecule has 0 heterocycles. The van der Waals surface area contributed by atoms with E-state index in [1.165, 1.54) is 31.5 Å². The van der Waals surface area contributed by atoms with Crippen molar-refractivity contribution in [3.05, 3.63) is 88.7 Å². The maximum atomic E-state index is 14.8. The van der Waals surface area contributed by atoms with Crippen LogP contribution in [0.3, 0.4) is 0 Å². The summed E-state index contributed by atoms with van der Waals surface area (Å²) in [6.45, 7) is 0. The Bertz CT molecular complexity index is 1200. The number of benzene rings is 3. The second-order valence-electron chi connectivity index (χ2n) is 8.33. The number of nitrogens with two attached hydrogens (primary N) is 1. The number of hydrogen-bond donors (Lipinski definition) is 1. The molecule has 0 spiro atoms. The van der Waals surface area contributed by atoms with E-state index >= 15 is 0 Å². The zero-order chi connectivity index (χ0) is 22.8. The summed E-state index contributed by atoms with van der Waals surface area (Å²) in [5, 5.41) is 10.9. The van der Waals surface area contributed by atoms with E-state index in [2.05, 4.69) is 27.6 Å². The van der Waals surface area contributed by atoms with Gasteiger partial charge in [0.15, 0.2) is 5.84 Å². The lowest BCUT2D eigenvalue weighted by atomic mass is 10.1. The van der Waals surface area contributed by atoms with Gasteiger partial charge in [0.1, 0.15) is 29.2 Å². The molecular formula is C26H25FN4O2. The van der Waals surface area contributed by atoms with Crippen molar-refractivity contribution in [2.75, 3.05) is 7.05 Å². The maximum Gasteiger partial charge on any atom is 0.155 e. The Labute approximate surface area is 191 Å². The minimum absolute atomic E-state index is 0.264. The molecule has 1 unspecified atom stereocenters. The third kappa shape index (κ3) is 4.58. The Kier molecular flexibility index (Phi) is 5.77. The molecule has 33 heavy (non-hydrogen) atoms. The van der Waals surface area contributed by atoms with Crippen molar-refractivity contribution in [1.82, 2.24) is 0 Å². The molecule has 7 heteroatoms. The van der Waals surface area contributed by atoms with Gasteiger partial charge in [-0.15, -0.1) is 5.10 Å². The summed E-state index contributed by atoms with van der Waals surface area (Å²) in [5.41, 5.74) is 9.37. The predicted octanol–water partition coefficient (Wildman–Crippen LogP) is 6.26. The molecule has 2 aliphatic carbocycles. The highest BCUT2D eigenvalue weighted by atomic mass is 19.1. The van der Waals surface area contributed by atoms with E-state index in [4.69, 9.17) is 15.2 Å². The summed E-state index contributed by atoms with van der Waals surface area (Å²) in [6, 6.07) is 18.5. The van der Waals surface area contributed by atoms with Crippen LogP contribution in [0.15, 0.2) is 76.1 Å². The minimum Gasteiger partial charge on any atom is -0.486 e. The zero-order valence-corrected chi connectivity index (χ0v) is 18.4. The Hall–Kier alpha value is -3.74. The molecule has 2 N–H and O–H groups in total. The van der Waals surface area contributed by atoms with Gasteiger partial charge in [0.25, 0.3) is 0 Å². The van der Waals surface area contributed by atoms with Gasteiger partial charge < -0.3 is 15.2 Å². The highest BCUT2D eigenvalue weighted by Crippen LogP contribution is 2.43. The molecule has 0 radical (unpaired) electrons. The van der Waals surface area contributed by atoms with E-state index in [-0.39, 0.29) is 17.8 Å². The summed E-state index contributed by atoms with van der Waals surface area (Å²) < 4.78 is 27.1. The molecule has 3 aromatic carbocycles. The first kappa shape index (κ1) is 21.1. The topological polar surface area (TPSA) is 81.6 Å². The van der Waals surface area contributed by atoms with E-state index in [0.29, 0.717) is 41.4 Å². The molecule has 3 aromatic rings. The Morgan fingerprint density at radius 3 is 2.36 bits per heavy atom. The van der Waals surface area contributed by atoms with E-state index in [1.807, 2.05) is 12.1 Å². The summed E-state index contributed by atoms with van der Waals surface area (Å²) in [5.74, 6) is 2.72. The lowest BCUT2D eigenvalue weighted by Gasteiger charge is -2.17. The van der Waals surface area contributed by atoms with Gasteiger partial charge >= 0.3 is 0 Å². The van der Waals surface area contributed by atoms with Crippen LogP contribution in [0.5, 0.6) is 17.2 Å².